The van der Waals surface area contributed by atoms with E-state index in [1.54, 1.807) is 10.6 Å². The maximum absolute atomic E-state index is 6.46. The third-order valence-electron chi connectivity index (χ3n) is 6.72. The van der Waals surface area contributed by atoms with Crippen LogP contribution in [-0.4, -0.2) is 54.5 Å². The van der Waals surface area contributed by atoms with Crippen molar-refractivity contribution in [2.45, 2.75) is 38.0 Å². The van der Waals surface area contributed by atoms with Crippen LogP contribution < -0.4 is 10.6 Å². The van der Waals surface area contributed by atoms with Gasteiger partial charge in [0, 0.05) is 24.4 Å². The predicted molar refractivity (Wildman–Crippen MR) is 125 cm³/mol. The molecule has 0 aliphatic carbocycles. The fraction of sp³-hybridized carbons (Fsp3) is 0.476. The Labute approximate surface area is 193 Å². The first kappa shape index (κ1) is 21.0. The molecule has 2 atom stereocenters. The van der Waals surface area contributed by atoms with Gasteiger partial charge in [0.15, 0.2) is 17.3 Å². The first-order valence-corrected chi connectivity index (χ1v) is 12.4. The predicted octanol–water partition coefficient (Wildman–Crippen LogP) is 4.16. The summed E-state index contributed by atoms with van der Waals surface area (Å²) in [6.07, 6.45) is 3.65. The summed E-state index contributed by atoms with van der Waals surface area (Å²) in [7, 11) is 0.851. The molecule has 3 aromatic rings. The summed E-state index contributed by atoms with van der Waals surface area (Å²) in [6, 6.07) is 5.43. The molecule has 1 aromatic carbocycles. The molecule has 2 aliphatic rings. The average Bonchev–Trinajstić information content (AvgIpc) is 3.23. The van der Waals surface area contributed by atoms with Crippen molar-refractivity contribution >= 4 is 50.0 Å². The number of hydrogen-bond donors (Lipinski definition) is 1. The first-order valence-electron chi connectivity index (χ1n) is 10.5. The zero-order chi connectivity index (χ0) is 21.8. The number of benzene rings is 1. The maximum Gasteiger partial charge on any atom is 0.199 e. The summed E-state index contributed by atoms with van der Waals surface area (Å²) < 4.78 is 7.77. The largest absolute Gasteiger partial charge is 0.382 e. The Morgan fingerprint density at radius 2 is 2.00 bits per heavy atom. The van der Waals surface area contributed by atoms with E-state index in [0.717, 1.165) is 47.9 Å². The molecule has 2 fully saturated rings. The number of anilines is 2. The van der Waals surface area contributed by atoms with Gasteiger partial charge in [-0.25, -0.2) is 14.5 Å². The molecule has 2 aromatic heterocycles. The van der Waals surface area contributed by atoms with Crippen LogP contribution in [0.2, 0.25) is 15.6 Å². The van der Waals surface area contributed by atoms with E-state index >= 15 is 0 Å². The lowest BCUT2D eigenvalue weighted by atomic mass is 9.76. The van der Waals surface area contributed by atoms with E-state index in [-0.39, 0.29) is 5.41 Å². The Kier molecular flexibility index (Phi) is 5.36. The van der Waals surface area contributed by atoms with E-state index in [1.165, 1.54) is 6.33 Å². The van der Waals surface area contributed by atoms with E-state index in [9.17, 15) is 0 Å². The number of ether oxygens (including phenoxy) is 1. The molecule has 2 saturated heterocycles. The van der Waals surface area contributed by atoms with Gasteiger partial charge in [0.25, 0.3) is 0 Å². The van der Waals surface area contributed by atoms with Crippen LogP contribution in [0.4, 0.5) is 11.6 Å². The molecule has 0 saturated carbocycles. The second-order valence-corrected chi connectivity index (χ2v) is 11.3. The minimum Gasteiger partial charge on any atom is -0.382 e. The Bertz CT molecular complexity index is 1130. The minimum atomic E-state index is 0.255. The second kappa shape index (κ2) is 7.92. The molecule has 0 unspecified atom stereocenters. The number of nitrogens with two attached hydrogens (primary N) is 1. The van der Waals surface area contributed by atoms with Gasteiger partial charge in [-0.3, -0.25) is 0 Å². The van der Waals surface area contributed by atoms with Gasteiger partial charge in [0.2, 0.25) is 0 Å². The lowest BCUT2D eigenvalue weighted by Crippen LogP contribution is -2.50. The molecular formula is C21H24Cl2N6OSi. The lowest BCUT2D eigenvalue weighted by Gasteiger charge is -2.49. The zero-order valence-electron chi connectivity index (χ0n) is 17.5. The van der Waals surface area contributed by atoms with Crippen LogP contribution in [0.15, 0.2) is 24.5 Å². The first-order chi connectivity index (χ1) is 14.9. The quantitative estimate of drug-likeness (QED) is 0.561. The molecule has 162 valence electrons. The number of halogens is 2. The van der Waals surface area contributed by atoms with Crippen LogP contribution in [0, 0.1) is 5.41 Å². The monoisotopic (exact) mass is 474 g/mol. The topological polar surface area (TPSA) is 81.6 Å². The molecule has 7 nitrogen and oxygen atoms in total. The van der Waals surface area contributed by atoms with E-state index in [2.05, 4.69) is 28.8 Å². The van der Waals surface area contributed by atoms with Crippen molar-refractivity contribution < 1.29 is 4.74 Å². The van der Waals surface area contributed by atoms with Crippen molar-refractivity contribution in [3.63, 3.8) is 0 Å². The number of rotatable bonds is 2. The van der Waals surface area contributed by atoms with Crippen LogP contribution in [0.3, 0.4) is 0 Å². The molecule has 1 spiro atoms. The average molecular weight is 475 g/mol. The molecule has 10 heteroatoms. The highest BCUT2D eigenvalue weighted by Crippen LogP contribution is 2.46. The Morgan fingerprint density at radius 1 is 1.23 bits per heavy atom. The summed E-state index contributed by atoms with van der Waals surface area (Å²) in [5, 5.41) is 5.30. The second-order valence-electron chi connectivity index (χ2n) is 8.46. The van der Waals surface area contributed by atoms with Crippen molar-refractivity contribution in [1.82, 2.24) is 19.6 Å². The normalized spacial score (nSPS) is 23.5. The summed E-state index contributed by atoms with van der Waals surface area (Å²) in [5.41, 5.74) is 9.69. The Balaban J connectivity index is 1.49. The van der Waals surface area contributed by atoms with Crippen LogP contribution in [0.5, 0.6) is 0 Å². The van der Waals surface area contributed by atoms with E-state index < -0.39 is 0 Å². The molecule has 2 aliphatic heterocycles. The third kappa shape index (κ3) is 3.49. The smallest absolute Gasteiger partial charge is 0.199 e. The van der Waals surface area contributed by atoms with Crippen molar-refractivity contribution in [2.24, 2.45) is 5.41 Å². The van der Waals surface area contributed by atoms with E-state index in [0.29, 0.717) is 44.0 Å². The summed E-state index contributed by atoms with van der Waals surface area (Å²) in [5.74, 6) is 1.11. The van der Waals surface area contributed by atoms with E-state index in [4.69, 9.17) is 38.7 Å². The fourth-order valence-electron chi connectivity index (χ4n) is 4.77. The van der Waals surface area contributed by atoms with Gasteiger partial charge in [0.1, 0.15) is 12.0 Å². The summed E-state index contributed by atoms with van der Waals surface area (Å²) in [4.78, 5) is 11.5. The van der Waals surface area contributed by atoms with Crippen LogP contribution in [-0.2, 0) is 4.74 Å². The van der Waals surface area contributed by atoms with Gasteiger partial charge >= 0.3 is 0 Å². The Hall–Kier alpha value is -1.87. The zero-order valence-corrected chi connectivity index (χ0v) is 20.0. The molecule has 0 amide bonds. The Morgan fingerprint density at radius 3 is 2.74 bits per heavy atom. The van der Waals surface area contributed by atoms with Crippen LogP contribution >= 0.6 is 23.2 Å². The number of piperidine rings is 1. The van der Waals surface area contributed by atoms with Gasteiger partial charge in [-0.1, -0.05) is 42.3 Å². The summed E-state index contributed by atoms with van der Waals surface area (Å²) in [6.45, 7) is 7.18. The molecule has 5 rings (SSSR count). The van der Waals surface area contributed by atoms with E-state index in [1.807, 2.05) is 12.1 Å². The number of nitrogen functional groups attached to an aromatic ring is 1. The SMILES string of the molecule is C[C@@H]1OCC2(CCN(c3nc(N)c(-c4cccc(Cl)c4Cl)n4ncnc34)CC2)[C@H](C)[Si]1. The number of hydrogen-bond acceptors (Lipinski definition) is 6. The van der Waals surface area contributed by atoms with Gasteiger partial charge in [-0.15, -0.1) is 0 Å². The molecule has 2 radical (unpaired) electrons. The summed E-state index contributed by atoms with van der Waals surface area (Å²) >= 11 is 12.7. The van der Waals surface area contributed by atoms with Crippen molar-refractivity contribution in [3.8, 4) is 11.3 Å². The lowest BCUT2D eigenvalue weighted by molar-refractivity contribution is -0.00561. The van der Waals surface area contributed by atoms with Crippen molar-refractivity contribution in [2.75, 3.05) is 30.3 Å². The van der Waals surface area contributed by atoms with Crippen molar-refractivity contribution in [1.29, 1.82) is 0 Å². The van der Waals surface area contributed by atoms with Crippen LogP contribution in [0.25, 0.3) is 16.9 Å². The standard InChI is InChI=1S/C21H24Cl2N6OSi/c1-12-21(10-30-13(2)31-12)6-8-28(9-7-21)20-19-25-11-26-29(19)17(18(24)27-20)14-4-3-5-15(22)16(14)23/h3-5,11-13H,6-10,24H2,1-2H3/t12-,13+/m0/s1. The minimum absolute atomic E-state index is 0.255. The van der Waals surface area contributed by atoms with Crippen molar-refractivity contribution in [3.05, 3.63) is 34.6 Å². The highest BCUT2D eigenvalue weighted by molar-refractivity contribution is 6.43. The molecule has 4 heterocycles. The van der Waals surface area contributed by atoms with Gasteiger partial charge in [0.05, 0.1) is 26.2 Å². The third-order valence-corrected chi connectivity index (χ3v) is 9.29. The van der Waals surface area contributed by atoms with Crippen LogP contribution in [0.1, 0.15) is 26.7 Å². The molecule has 31 heavy (non-hydrogen) atoms. The number of aromatic nitrogens is 4. The molecule has 0 bridgehead atoms. The number of fused-ring (bicyclic) bond motifs is 1. The van der Waals surface area contributed by atoms with Gasteiger partial charge in [-0.2, -0.15) is 5.10 Å². The fourth-order valence-corrected chi connectivity index (χ4v) is 6.77. The molecule has 2 N–H and O–H groups in total. The highest BCUT2D eigenvalue weighted by atomic mass is 35.5. The van der Waals surface area contributed by atoms with Gasteiger partial charge in [-0.05, 0) is 36.8 Å². The maximum atomic E-state index is 6.46. The number of nitrogens with zero attached hydrogens (tertiary/aromatic N) is 5. The molecular weight excluding hydrogens is 451 g/mol. The highest BCUT2D eigenvalue weighted by Gasteiger charge is 2.44. The van der Waals surface area contributed by atoms with Gasteiger partial charge < -0.3 is 15.4 Å².